The largest absolute Gasteiger partial charge is 6.00 e. The second-order valence-electron chi connectivity index (χ2n) is 6.15. The topological polar surface area (TPSA) is 103 Å². The second kappa shape index (κ2) is 16.2. The van der Waals surface area contributed by atoms with E-state index in [1.54, 1.807) is 0 Å². The van der Waals surface area contributed by atoms with Crippen molar-refractivity contribution >= 4 is 52.7 Å². The zero-order chi connectivity index (χ0) is 22.4. The molecule has 0 fully saturated rings. The molecule has 0 amide bonds. The molecule has 0 unspecified atom stereocenters. The third-order valence-electron chi connectivity index (χ3n) is 4.50. The van der Waals surface area contributed by atoms with Gasteiger partial charge in [0.25, 0.3) is 0 Å². The zero-order valence-corrected chi connectivity index (χ0v) is 18.6. The van der Waals surface area contributed by atoms with Crippen LogP contribution in [-0.4, -0.2) is 46.5 Å². The van der Waals surface area contributed by atoms with Crippen LogP contribution in [0.15, 0.2) is 54.6 Å². The second-order valence-corrected chi connectivity index (χ2v) is 6.15. The first-order valence-electron chi connectivity index (χ1n) is 9.05. The molecule has 0 atom stereocenters. The van der Waals surface area contributed by atoms with Crippen LogP contribution >= 0.6 is 0 Å². The molecule has 6 nitrogen and oxygen atoms in total. The standard InChI is InChI=1S/C21H20N3.3CO.Tc/c22-8-9-23-10-11-24-14-15-12-18-6-4-16-2-1-3-17-5-7-19(13-15)21(18)20(16)17;3*1-2;/h1-7,12-13,22H,8-11,14H2;;;;/q-3;3*-1;+6. The van der Waals surface area contributed by atoms with Gasteiger partial charge in [-0.3, -0.25) is 0 Å². The van der Waals surface area contributed by atoms with Crippen molar-refractivity contribution in [3.63, 3.8) is 0 Å². The van der Waals surface area contributed by atoms with Crippen LogP contribution in [0.4, 0.5) is 0 Å². The Morgan fingerprint density at radius 1 is 0.645 bits per heavy atom. The number of nitrogens with zero attached hydrogens (tertiary/aromatic N) is 2. The Bertz CT molecular complexity index is 960. The third kappa shape index (κ3) is 7.28. The monoisotopic (exact) mass is 495 g/mol. The normalized spacial score (nSPS) is 9.58. The first-order valence-corrected chi connectivity index (χ1v) is 9.05. The molecule has 7 heteroatoms. The van der Waals surface area contributed by atoms with E-state index >= 15 is 0 Å². The molecule has 4 aromatic rings. The van der Waals surface area contributed by atoms with Crippen LogP contribution in [0.2, 0.25) is 0 Å². The van der Waals surface area contributed by atoms with Crippen molar-refractivity contribution in [1.29, 1.82) is 0 Å². The number of nitrogens with one attached hydrogen (secondary N) is 1. The molecule has 0 aliphatic heterocycles. The summed E-state index contributed by atoms with van der Waals surface area (Å²) in [6.45, 7) is 16.7. The predicted molar refractivity (Wildman–Crippen MR) is 121 cm³/mol. The summed E-state index contributed by atoms with van der Waals surface area (Å²) in [4.78, 5) is 22.5. The van der Waals surface area contributed by atoms with Crippen molar-refractivity contribution in [2.45, 2.75) is 6.54 Å². The Kier molecular flexibility index (Phi) is 14.9. The van der Waals surface area contributed by atoms with Crippen molar-refractivity contribution < 1.29 is 34.5 Å². The Morgan fingerprint density at radius 3 is 1.61 bits per heavy atom. The molecule has 0 saturated carbocycles. The van der Waals surface area contributed by atoms with Crippen LogP contribution in [-0.2, 0) is 41.0 Å². The quantitative estimate of drug-likeness (QED) is 0.211. The molecular formula is C24H20N3O3Tc. The van der Waals surface area contributed by atoms with E-state index in [0.717, 1.165) is 19.6 Å². The molecule has 4 aromatic carbocycles. The average Bonchev–Trinajstić information content (AvgIpc) is 2.83. The van der Waals surface area contributed by atoms with Crippen molar-refractivity contribution in [2.24, 2.45) is 0 Å². The summed E-state index contributed by atoms with van der Waals surface area (Å²) in [5.74, 6) is 0. The van der Waals surface area contributed by atoms with E-state index in [0.29, 0.717) is 13.1 Å². The molecule has 1 N–H and O–H groups in total. The van der Waals surface area contributed by atoms with Gasteiger partial charge in [0.05, 0.1) is 0 Å². The van der Waals surface area contributed by atoms with Gasteiger partial charge in [0.1, 0.15) is 0 Å². The number of hydrogen-bond donors (Lipinski definition) is 0. The minimum absolute atomic E-state index is 0. The molecule has 0 aromatic heterocycles. The Labute approximate surface area is 196 Å². The van der Waals surface area contributed by atoms with Gasteiger partial charge in [-0.1, -0.05) is 60.2 Å². The van der Waals surface area contributed by atoms with Gasteiger partial charge < -0.3 is 51.1 Å². The van der Waals surface area contributed by atoms with E-state index in [2.05, 4.69) is 85.6 Å². The van der Waals surface area contributed by atoms with Crippen LogP contribution in [0.1, 0.15) is 5.56 Å². The molecule has 31 heavy (non-hydrogen) atoms. The number of benzene rings is 4. The molecule has 0 aliphatic rings. The van der Waals surface area contributed by atoms with Gasteiger partial charge in [-0.15, -0.1) is 6.54 Å². The number of carbonyl (C=O) groups excluding carboxylic acids is 3. The molecule has 156 valence electrons. The Balaban J connectivity index is 0.00000119. The molecule has 0 spiro atoms. The maximum Gasteiger partial charge on any atom is 6.00 e. The van der Waals surface area contributed by atoms with Gasteiger partial charge in [0, 0.05) is 0 Å². The summed E-state index contributed by atoms with van der Waals surface area (Å²) in [6, 6.07) is 19.9. The fraction of sp³-hybridized carbons (Fsp3) is 0.208. The summed E-state index contributed by atoms with van der Waals surface area (Å²) in [5.41, 5.74) is 8.32. The molecule has 0 aliphatic carbocycles. The minimum Gasteiger partial charge on any atom is -0.679 e. The van der Waals surface area contributed by atoms with E-state index in [9.17, 15) is 0 Å². The van der Waals surface area contributed by atoms with E-state index in [-0.39, 0.29) is 20.1 Å². The first-order chi connectivity index (χ1) is 14.9. The molecular weight excluding hydrogens is 476 g/mol. The number of rotatable bonds is 7. The van der Waals surface area contributed by atoms with Crippen molar-refractivity contribution in [3.8, 4) is 0 Å². The van der Waals surface area contributed by atoms with E-state index in [1.165, 1.54) is 37.9 Å². The van der Waals surface area contributed by atoms with Gasteiger partial charge >= 0.3 is 20.1 Å². The summed E-state index contributed by atoms with van der Waals surface area (Å²) in [5, 5.41) is 16.8. The van der Waals surface area contributed by atoms with Gasteiger partial charge in [-0.25, -0.2) is 0 Å². The van der Waals surface area contributed by atoms with E-state index in [4.69, 9.17) is 20.1 Å². The van der Waals surface area contributed by atoms with Crippen LogP contribution < -0.4 is 0 Å². The summed E-state index contributed by atoms with van der Waals surface area (Å²) in [7, 11) is 0. The fourth-order valence-electron chi connectivity index (χ4n) is 3.45. The van der Waals surface area contributed by atoms with Crippen LogP contribution in [0.3, 0.4) is 0 Å². The van der Waals surface area contributed by atoms with Crippen LogP contribution in [0.25, 0.3) is 48.7 Å². The van der Waals surface area contributed by atoms with Gasteiger partial charge in [-0.2, -0.15) is 26.2 Å². The molecule has 4 radical (unpaired) electrons. The number of hydrogen-bond acceptors (Lipinski definition) is 3. The van der Waals surface area contributed by atoms with Gasteiger partial charge in [0.2, 0.25) is 0 Å². The smallest absolute Gasteiger partial charge is 0.679 e. The minimum atomic E-state index is 0. The zero-order valence-electron chi connectivity index (χ0n) is 16.7. The Morgan fingerprint density at radius 2 is 1.10 bits per heavy atom. The van der Waals surface area contributed by atoms with Crippen molar-refractivity contribution in [1.82, 2.24) is 0 Å². The summed E-state index contributed by atoms with van der Waals surface area (Å²) >= 11 is 0. The Hall–Kier alpha value is -2.54. The predicted octanol–water partition coefficient (Wildman–Crippen LogP) is 4.69. The first kappa shape index (κ1) is 28.5. The van der Waals surface area contributed by atoms with E-state index in [1.807, 2.05) is 0 Å². The maximum absolute atomic E-state index is 7.50. The van der Waals surface area contributed by atoms with Crippen molar-refractivity contribution in [3.05, 3.63) is 76.5 Å². The van der Waals surface area contributed by atoms with Crippen LogP contribution in [0, 0.1) is 0 Å². The maximum atomic E-state index is 7.50. The molecule has 0 bridgehead atoms. The summed E-state index contributed by atoms with van der Waals surface area (Å²) < 4.78 is 0. The summed E-state index contributed by atoms with van der Waals surface area (Å²) in [6.07, 6.45) is 0. The molecule has 4 rings (SSSR count). The van der Waals surface area contributed by atoms with Gasteiger partial charge in [0.15, 0.2) is 0 Å². The molecule has 0 heterocycles. The molecule has 0 saturated heterocycles. The fourth-order valence-corrected chi connectivity index (χ4v) is 3.45. The van der Waals surface area contributed by atoms with Crippen LogP contribution in [0.5, 0.6) is 0 Å². The van der Waals surface area contributed by atoms with Gasteiger partial charge in [-0.05, 0) is 32.3 Å². The SMILES string of the molecule is [C-]=O.[C-]=O.[C-]=O.[NH-]CC[N-]CC[N-]Cc1cc2ccc3cccc4ccc(c1)c2c34.[Tc+6]. The average molecular weight is 496 g/mol. The third-order valence-corrected chi connectivity index (χ3v) is 4.50. The van der Waals surface area contributed by atoms with E-state index < -0.39 is 0 Å². The van der Waals surface area contributed by atoms with Crippen molar-refractivity contribution in [2.75, 3.05) is 26.2 Å².